The highest BCUT2D eigenvalue weighted by Gasteiger charge is 2.42. The Morgan fingerprint density at radius 3 is 1.52 bits per heavy atom. The molecule has 0 aromatic heterocycles. The van der Waals surface area contributed by atoms with Gasteiger partial charge in [-0.25, -0.2) is 19.2 Å². The molecule has 0 fully saturated rings. The van der Waals surface area contributed by atoms with Crippen LogP contribution < -0.4 is 41.8 Å². The third kappa shape index (κ3) is 28.1. The quantitative estimate of drug-likeness (QED) is 0.0238. The number of carboxylic acid groups (broad SMARTS) is 1. The van der Waals surface area contributed by atoms with Crippen molar-refractivity contribution >= 4 is 42.0 Å². The first-order valence-electron chi connectivity index (χ1n) is 25.2. The number of hydrogen-bond acceptors (Lipinski definition) is 13. The molecule has 0 radical (unpaired) electrons. The van der Waals surface area contributed by atoms with Gasteiger partial charge < -0.3 is 50.5 Å². The van der Waals surface area contributed by atoms with E-state index in [4.69, 9.17) is 29.4 Å². The van der Waals surface area contributed by atoms with E-state index in [0.29, 0.717) is 55.6 Å². The van der Waals surface area contributed by atoms with E-state index in [1.54, 1.807) is 98.7 Å². The van der Waals surface area contributed by atoms with E-state index in [2.05, 4.69) is 31.6 Å². The molecule has 0 heterocycles. The van der Waals surface area contributed by atoms with Gasteiger partial charge in [0.05, 0.1) is 6.04 Å². The number of nitrogens with one attached hydrogen (secondary N) is 5. The van der Waals surface area contributed by atoms with Gasteiger partial charge in [0, 0.05) is 19.5 Å². The number of amides is 5. The smallest absolute Gasteiger partial charge is 0.414 e. The second kappa shape index (κ2) is 27.8. The van der Waals surface area contributed by atoms with Crippen molar-refractivity contribution < 1.29 is 57.6 Å². The minimum absolute atomic E-state index is 0.0294. The van der Waals surface area contributed by atoms with Gasteiger partial charge in [-0.2, -0.15) is 0 Å². The Morgan fingerprint density at radius 1 is 0.589 bits per heavy atom. The number of carbonyl (C=O) groups excluding carboxylic acids is 5. The zero-order valence-corrected chi connectivity index (χ0v) is 46.2. The number of carboxylic acids is 1. The molecule has 0 aliphatic carbocycles. The molecule has 3 atom stereocenters. The van der Waals surface area contributed by atoms with Crippen LogP contribution in [0.3, 0.4) is 0 Å². The average Bonchev–Trinajstić information content (AvgIpc) is 3.20. The molecule has 0 spiro atoms. The Kier molecular flexibility index (Phi) is 24.0. The van der Waals surface area contributed by atoms with Gasteiger partial charge in [0.1, 0.15) is 51.1 Å². The van der Waals surface area contributed by atoms with E-state index in [0.717, 1.165) is 5.56 Å². The van der Waals surface area contributed by atoms with E-state index in [1.165, 1.54) is 0 Å². The van der Waals surface area contributed by atoms with Gasteiger partial charge in [0.2, 0.25) is 17.8 Å². The molecule has 0 aliphatic heterocycles. The van der Waals surface area contributed by atoms with Crippen LogP contribution >= 0.6 is 0 Å². The van der Waals surface area contributed by atoms with Gasteiger partial charge in [-0.1, -0.05) is 43.5 Å². The van der Waals surface area contributed by atoms with Crippen LogP contribution in [0.15, 0.2) is 53.5 Å². The number of nitrogens with zero attached hydrogens (tertiary/aromatic N) is 1. The molecule has 0 aliphatic rings. The van der Waals surface area contributed by atoms with E-state index in [1.807, 2.05) is 53.7 Å². The third-order valence-corrected chi connectivity index (χ3v) is 10.0. The maximum Gasteiger partial charge on any atom is 0.414 e. The van der Waals surface area contributed by atoms with E-state index in [-0.39, 0.29) is 44.7 Å². The summed E-state index contributed by atoms with van der Waals surface area (Å²) >= 11 is 0. The fourth-order valence-electron chi connectivity index (χ4n) is 7.07. The van der Waals surface area contributed by atoms with Crippen molar-refractivity contribution in [2.45, 2.75) is 214 Å². The molecule has 5 amide bonds. The summed E-state index contributed by atoms with van der Waals surface area (Å²) in [5, 5.41) is 23.8. The van der Waals surface area contributed by atoms with E-state index < -0.39 is 81.7 Å². The molecular formula is C54H87N7O12. The Balaban J connectivity index is 2.49. The summed E-state index contributed by atoms with van der Waals surface area (Å²) in [5.41, 5.74) is 3.13. The van der Waals surface area contributed by atoms with Crippen molar-refractivity contribution in [3.8, 4) is 11.5 Å². The standard InChI is InChI=1S/C54H87N7O12/c1-49(2,3)69-38-27-23-36(24-28-38)34-40(55)42(62)61-54(35-37-25-29-39(30-26-37)70-50(4,5)6,44(65)58-41(43(63)64)22-18-21-33-57-46(66)71-51(7,8)9)31-19-16-17-20-32-56-45(59-47(67)72-52(10,11)12)60-48(68)73-53(13,14)15/h23-30,40-41H,16-22,31-35,55H2,1-15H3,(H,57,66)(H,58,65)(H,61,62)(H,63,64)(H2,56,59,60,67,68)/t40-,41-,54-/m0/s1. The fourth-order valence-corrected chi connectivity index (χ4v) is 7.07. The number of guanidine groups is 1. The van der Waals surface area contributed by atoms with Crippen LogP contribution in [0.5, 0.6) is 11.5 Å². The SMILES string of the molecule is CC(C)(C)OC(=O)NCCCC[C@H](NC(=O)[C@](CCCCCCN=C(NC(=O)OC(C)(C)C)NC(=O)OC(C)(C)C)(Cc1ccc(OC(C)(C)C)cc1)NC(=O)[C@@H](N)Cc1ccc(OC(C)(C)C)cc1)C(=O)O. The lowest BCUT2D eigenvalue weighted by Crippen LogP contribution is -2.64. The van der Waals surface area contributed by atoms with Gasteiger partial charge in [0.25, 0.3) is 0 Å². The topological polar surface area (TPSA) is 267 Å². The predicted octanol–water partition coefficient (Wildman–Crippen LogP) is 8.63. The molecule has 2 rings (SSSR count). The number of alkyl carbamates (subject to hydrolysis) is 3. The van der Waals surface area contributed by atoms with Crippen LogP contribution in [-0.2, 0) is 41.4 Å². The largest absolute Gasteiger partial charge is 0.488 e. The maximum absolute atomic E-state index is 15.0. The second-order valence-corrected chi connectivity index (χ2v) is 23.2. The molecule has 0 unspecified atom stereocenters. The minimum Gasteiger partial charge on any atom is -0.488 e. The minimum atomic E-state index is -1.70. The summed E-state index contributed by atoms with van der Waals surface area (Å²) in [4.78, 5) is 84.0. The van der Waals surface area contributed by atoms with Gasteiger partial charge in [0.15, 0.2) is 0 Å². The van der Waals surface area contributed by atoms with Crippen molar-refractivity contribution in [3.63, 3.8) is 0 Å². The van der Waals surface area contributed by atoms with Gasteiger partial charge >= 0.3 is 24.2 Å². The molecule has 2 aromatic carbocycles. The molecule has 0 saturated carbocycles. The van der Waals surface area contributed by atoms with Crippen LogP contribution in [-0.4, -0.2) is 106 Å². The van der Waals surface area contributed by atoms with Crippen LogP contribution in [0, 0.1) is 0 Å². The maximum atomic E-state index is 15.0. The van der Waals surface area contributed by atoms with E-state index >= 15 is 0 Å². The molecule has 8 N–H and O–H groups in total. The Morgan fingerprint density at radius 2 is 1.05 bits per heavy atom. The van der Waals surface area contributed by atoms with Crippen molar-refractivity contribution in [1.82, 2.24) is 26.6 Å². The van der Waals surface area contributed by atoms with Crippen molar-refractivity contribution in [1.29, 1.82) is 0 Å². The van der Waals surface area contributed by atoms with Crippen LogP contribution in [0.4, 0.5) is 14.4 Å². The lowest BCUT2D eigenvalue weighted by molar-refractivity contribution is -0.144. The lowest BCUT2D eigenvalue weighted by atomic mass is 9.83. The third-order valence-electron chi connectivity index (χ3n) is 10.0. The average molecular weight is 1030 g/mol. The molecular weight excluding hydrogens is 939 g/mol. The number of unbranched alkanes of at least 4 members (excludes halogenated alkanes) is 4. The predicted molar refractivity (Wildman–Crippen MR) is 282 cm³/mol. The zero-order valence-electron chi connectivity index (χ0n) is 46.2. The van der Waals surface area contributed by atoms with Crippen LogP contribution in [0.25, 0.3) is 0 Å². The fraction of sp³-hybridized carbons (Fsp3) is 0.648. The number of hydrogen-bond donors (Lipinski definition) is 7. The summed E-state index contributed by atoms with van der Waals surface area (Å²) in [5.74, 6) is -1.50. The Hall–Kier alpha value is -6.11. The summed E-state index contributed by atoms with van der Waals surface area (Å²) in [7, 11) is 0. The number of rotatable bonds is 23. The number of nitrogens with two attached hydrogens (primary N) is 1. The van der Waals surface area contributed by atoms with Gasteiger partial charge in [-0.3, -0.25) is 25.2 Å². The molecule has 19 nitrogen and oxygen atoms in total. The molecule has 73 heavy (non-hydrogen) atoms. The number of aliphatic carboxylic acids is 1. The van der Waals surface area contributed by atoms with Crippen molar-refractivity contribution in [2.24, 2.45) is 10.7 Å². The number of benzene rings is 2. The number of carbonyl (C=O) groups is 6. The van der Waals surface area contributed by atoms with Gasteiger partial charge in [-0.15, -0.1) is 0 Å². The highest BCUT2D eigenvalue weighted by atomic mass is 16.6. The number of aliphatic imine (C=N–C) groups is 1. The highest BCUT2D eigenvalue weighted by molar-refractivity contribution is 6.01. The molecule has 410 valence electrons. The first kappa shape index (κ1) is 63.0. The Labute approximate surface area is 433 Å². The summed E-state index contributed by atoms with van der Waals surface area (Å²) in [6.07, 6.45) is 0.696. The normalized spacial score (nSPS) is 13.7. The monoisotopic (exact) mass is 1030 g/mol. The van der Waals surface area contributed by atoms with Gasteiger partial charge in [-0.05, 0) is 178 Å². The highest BCUT2D eigenvalue weighted by Crippen LogP contribution is 2.27. The molecule has 0 bridgehead atoms. The first-order valence-corrected chi connectivity index (χ1v) is 25.2. The summed E-state index contributed by atoms with van der Waals surface area (Å²) in [6.45, 7) is 27.4. The number of ether oxygens (including phenoxy) is 5. The zero-order chi connectivity index (χ0) is 55.4. The molecule has 0 saturated heterocycles. The first-order chi connectivity index (χ1) is 33.5. The summed E-state index contributed by atoms with van der Waals surface area (Å²) < 4.78 is 28.0. The summed E-state index contributed by atoms with van der Waals surface area (Å²) in [6, 6.07) is 12.0. The lowest BCUT2D eigenvalue weighted by Gasteiger charge is -2.36. The molecule has 19 heteroatoms. The van der Waals surface area contributed by atoms with Crippen molar-refractivity contribution in [2.75, 3.05) is 13.1 Å². The van der Waals surface area contributed by atoms with Crippen LogP contribution in [0.1, 0.15) is 166 Å². The van der Waals surface area contributed by atoms with E-state index in [9.17, 15) is 33.9 Å². The molecule has 2 aromatic rings. The van der Waals surface area contributed by atoms with Crippen LogP contribution in [0.2, 0.25) is 0 Å². The second-order valence-electron chi connectivity index (χ2n) is 23.2. The van der Waals surface area contributed by atoms with Crippen molar-refractivity contribution in [3.05, 3.63) is 59.7 Å². The Bertz CT molecular complexity index is 2100.